The molecule has 0 amide bonds. The highest BCUT2D eigenvalue weighted by atomic mass is 16.5. The number of piperidine rings is 1. The van der Waals surface area contributed by atoms with Gasteiger partial charge in [0, 0.05) is 17.0 Å². The lowest BCUT2D eigenvalue weighted by Crippen LogP contribution is -2.32. The normalized spacial score (nSPS) is 18.4. The van der Waals surface area contributed by atoms with E-state index in [1.807, 2.05) is 0 Å². The largest absolute Gasteiger partial charge is 0.457 e. The zero-order chi connectivity index (χ0) is 19.2. The van der Waals surface area contributed by atoms with Crippen LogP contribution >= 0.6 is 0 Å². The second-order valence-electron chi connectivity index (χ2n) is 7.19. The first-order chi connectivity index (χ1) is 13.2. The Kier molecular flexibility index (Phi) is 6.51. The van der Waals surface area contributed by atoms with Crippen LogP contribution in [0.2, 0.25) is 0 Å². The molecule has 1 fully saturated rings. The molecule has 0 saturated carbocycles. The average Bonchev–Trinajstić information content (AvgIpc) is 2.72. The Hall–Kier alpha value is -2.33. The van der Waals surface area contributed by atoms with Crippen LogP contribution in [0.5, 0.6) is 11.5 Å². The Morgan fingerprint density at radius 3 is 2.44 bits per heavy atom. The van der Waals surface area contributed by atoms with Gasteiger partial charge in [0.05, 0.1) is 6.34 Å². The van der Waals surface area contributed by atoms with Gasteiger partial charge in [0.15, 0.2) is 0 Å². The highest BCUT2D eigenvalue weighted by Gasteiger charge is 2.35. The van der Waals surface area contributed by atoms with E-state index in [9.17, 15) is 0 Å². The van der Waals surface area contributed by atoms with E-state index in [-0.39, 0.29) is 0 Å². The molecule has 144 valence electrons. The minimum atomic E-state index is 0.480. The van der Waals surface area contributed by atoms with Gasteiger partial charge in [0.25, 0.3) is 0 Å². The van der Waals surface area contributed by atoms with Crippen LogP contribution in [0.15, 0.2) is 36.4 Å². The first-order valence-corrected chi connectivity index (χ1v) is 10.1. The fraction of sp³-hybridized carbons (Fsp3) is 0.435. The number of ether oxygens (including phenoxy) is 1. The predicted molar refractivity (Wildman–Crippen MR) is 112 cm³/mol. The van der Waals surface area contributed by atoms with Gasteiger partial charge in [0.1, 0.15) is 11.5 Å². The molecule has 1 unspecified atom stereocenters. The van der Waals surface area contributed by atoms with Crippen LogP contribution in [0.25, 0.3) is 0 Å². The highest BCUT2D eigenvalue weighted by molar-refractivity contribution is 5.58. The van der Waals surface area contributed by atoms with Crippen LogP contribution < -0.4 is 15.8 Å². The molecule has 2 aliphatic heterocycles. The maximum absolute atomic E-state index is 6.32. The summed E-state index contributed by atoms with van der Waals surface area (Å²) in [5.74, 6) is 3.33. The molecule has 0 aliphatic carbocycles. The van der Waals surface area contributed by atoms with Crippen molar-refractivity contribution >= 4 is 6.34 Å². The summed E-state index contributed by atoms with van der Waals surface area (Å²) in [7, 11) is 0. The third kappa shape index (κ3) is 3.86. The molecule has 2 aromatic rings. The molecule has 0 spiro atoms. The minimum Gasteiger partial charge on any atom is -0.457 e. The number of aryl methyl sites for hydroxylation is 1. The van der Waals surface area contributed by atoms with Gasteiger partial charge in [-0.05, 0) is 68.0 Å². The van der Waals surface area contributed by atoms with Crippen molar-refractivity contribution in [3.8, 4) is 11.5 Å². The topological polar surface area (TPSA) is 71.1 Å². The van der Waals surface area contributed by atoms with Crippen LogP contribution in [0.1, 0.15) is 54.9 Å². The van der Waals surface area contributed by atoms with Gasteiger partial charge in [0.2, 0.25) is 0 Å². The molecule has 4 nitrogen and oxygen atoms in total. The van der Waals surface area contributed by atoms with Crippen molar-refractivity contribution < 1.29 is 4.74 Å². The van der Waals surface area contributed by atoms with Gasteiger partial charge in [-0.1, -0.05) is 38.1 Å². The minimum absolute atomic E-state index is 0.480. The lowest BCUT2D eigenvalue weighted by molar-refractivity contribution is 0.320. The number of hydrogen-bond acceptors (Lipinski definition) is 3. The lowest BCUT2D eigenvalue weighted by atomic mass is 9.72. The Labute approximate surface area is 162 Å². The number of para-hydroxylation sites is 1. The second kappa shape index (κ2) is 9.05. The zero-order valence-electron chi connectivity index (χ0n) is 16.4. The van der Waals surface area contributed by atoms with Crippen molar-refractivity contribution in [1.82, 2.24) is 5.32 Å². The van der Waals surface area contributed by atoms with E-state index in [1.54, 1.807) is 0 Å². The van der Waals surface area contributed by atoms with Crippen LogP contribution in [0.3, 0.4) is 0 Å². The van der Waals surface area contributed by atoms with E-state index < -0.39 is 0 Å². The Morgan fingerprint density at radius 1 is 1.07 bits per heavy atom. The fourth-order valence-electron chi connectivity index (χ4n) is 4.64. The summed E-state index contributed by atoms with van der Waals surface area (Å²) < 4.78 is 6.32. The molecular formula is C23H31N3O. The molecule has 4 N–H and O–H groups in total. The van der Waals surface area contributed by atoms with Crippen LogP contribution in [0, 0.1) is 11.3 Å². The molecule has 0 radical (unpaired) electrons. The maximum atomic E-state index is 6.32. The Balaban J connectivity index is 0.000000659. The third-order valence-electron chi connectivity index (χ3n) is 5.79. The van der Waals surface area contributed by atoms with Crippen LogP contribution in [-0.4, -0.2) is 19.4 Å². The predicted octanol–water partition coefficient (Wildman–Crippen LogP) is 4.60. The molecule has 0 aromatic heterocycles. The van der Waals surface area contributed by atoms with Crippen molar-refractivity contribution in [2.75, 3.05) is 13.1 Å². The smallest absolute Gasteiger partial charge is 0.131 e. The maximum Gasteiger partial charge on any atom is 0.131 e. The molecule has 0 bridgehead atoms. The van der Waals surface area contributed by atoms with Crippen molar-refractivity contribution in [3.05, 3.63) is 58.7 Å². The molecule has 27 heavy (non-hydrogen) atoms. The van der Waals surface area contributed by atoms with E-state index in [2.05, 4.69) is 61.3 Å². The zero-order valence-corrected chi connectivity index (χ0v) is 16.4. The number of nitrogens with two attached hydrogens (primary N) is 1. The second-order valence-corrected chi connectivity index (χ2v) is 7.19. The van der Waals surface area contributed by atoms with Gasteiger partial charge in [-0.3, -0.25) is 5.41 Å². The molecule has 4 rings (SSSR count). The van der Waals surface area contributed by atoms with Gasteiger partial charge in [-0.25, -0.2) is 0 Å². The Morgan fingerprint density at radius 2 is 1.78 bits per heavy atom. The quantitative estimate of drug-likeness (QED) is 0.550. The first-order valence-electron chi connectivity index (χ1n) is 10.1. The Bertz CT molecular complexity index is 781. The summed E-state index contributed by atoms with van der Waals surface area (Å²) in [5, 5.41) is 9.38. The standard InChI is InChI=1S/C22H27NO.CH4N2/c1-3-15-9-10-20-22(17(15)4-2)21(16-11-13-23-14-12-16)18-7-5-6-8-19(18)24-20;2-1-3/h5-10,16,21,23H,3-4,11-14H2,1-2H3;1H,(H3,2,3). The molecule has 2 aliphatic rings. The third-order valence-corrected chi connectivity index (χ3v) is 5.79. The van der Waals surface area contributed by atoms with E-state index in [1.165, 1.54) is 35.1 Å². The molecule has 1 saturated heterocycles. The number of nitrogens with one attached hydrogen (secondary N) is 2. The summed E-state index contributed by atoms with van der Waals surface area (Å²) >= 11 is 0. The summed E-state index contributed by atoms with van der Waals surface area (Å²) in [6.07, 6.45) is 5.42. The monoisotopic (exact) mass is 365 g/mol. The van der Waals surface area contributed by atoms with E-state index >= 15 is 0 Å². The summed E-state index contributed by atoms with van der Waals surface area (Å²) in [4.78, 5) is 0. The van der Waals surface area contributed by atoms with Gasteiger partial charge < -0.3 is 15.8 Å². The number of fused-ring (bicyclic) bond motifs is 2. The van der Waals surface area contributed by atoms with Gasteiger partial charge >= 0.3 is 0 Å². The van der Waals surface area contributed by atoms with Crippen molar-refractivity contribution in [1.29, 1.82) is 5.41 Å². The molecule has 4 heteroatoms. The molecule has 1 atom stereocenters. The van der Waals surface area contributed by atoms with Crippen LogP contribution in [0.4, 0.5) is 0 Å². The number of hydrogen-bond donors (Lipinski definition) is 3. The molecular weight excluding hydrogens is 334 g/mol. The number of rotatable bonds is 3. The van der Waals surface area contributed by atoms with Crippen LogP contribution in [-0.2, 0) is 12.8 Å². The van der Waals surface area contributed by atoms with Crippen molar-refractivity contribution in [2.24, 2.45) is 11.7 Å². The number of benzene rings is 2. The van der Waals surface area contributed by atoms with Crippen molar-refractivity contribution in [2.45, 2.75) is 45.4 Å². The summed E-state index contributed by atoms with van der Waals surface area (Å²) in [6.45, 7) is 6.82. The SMILES string of the molecule is CCc1ccc2c(c1CC)C(C1CCNCC1)c1ccccc1O2.N=CN. The first kappa shape index (κ1) is 19.4. The summed E-state index contributed by atoms with van der Waals surface area (Å²) in [5.41, 5.74) is 10.3. The van der Waals surface area contributed by atoms with E-state index in [0.29, 0.717) is 11.8 Å². The van der Waals surface area contributed by atoms with Crippen molar-refractivity contribution in [3.63, 3.8) is 0 Å². The van der Waals surface area contributed by atoms with E-state index in [0.717, 1.165) is 43.8 Å². The average molecular weight is 366 g/mol. The summed E-state index contributed by atoms with van der Waals surface area (Å²) in [6, 6.07) is 13.1. The lowest BCUT2D eigenvalue weighted by Gasteiger charge is -2.37. The molecule has 2 heterocycles. The van der Waals surface area contributed by atoms with Gasteiger partial charge in [-0.15, -0.1) is 0 Å². The highest BCUT2D eigenvalue weighted by Crippen LogP contribution is 2.51. The van der Waals surface area contributed by atoms with Gasteiger partial charge in [-0.2, -0.15) is 0 Å². The molecule has 2 aromatic carbocycles. The fourth-order valence-corrected chi connectivity index (χ4v) is 4.64. The van der Waals surface area contributed by atoms with E-state index in [4.69, 9.17) is 10.1 Å².